The lowest BCUT2D eigenvalue weighted by Crippen LogP contribution is -2.03. The van der Waals surface area contributed by atoms with E-state index in [0.29, 0.717) is 5.02 Å². The van der Waals surface area contributed by atoms with E-state index in [-0.39, 0.29) is 0 Å². The van der Waals surface area contributed by atoms with Gasteiger partial charge in [-0.3, -0.25) is 4.40 Å². The Bertz CT molecular complexity index is 1020. The minimum Gasteiger partial charge on any atom is -0.365 e. The molecule has 0 unspecified atom stereocenters. The Morgan fingerprint density at radius 3 is 2.64 bits per heavy atom. The molecule has 3 nitrogen and oxygen atoms in total. The molecule has 1 N–H and O–H groups in total. The van der Waals surface area contributed by atoms with Crippen molar-refractivity contribution >= 4 is 23.1 Å². The maximum atomic E-state index is 6.20. The number of rotatable bonds is 4. The van der Waals surface area contributed by atoms with Crippen molar-refractivity contribution in [2.45, 2.75) is 13.5 Å². The minimum absolute atomic E-state index is 0.709. The van der Waals surface area contributed by atoms with Gasteiger partial charge in [-0.1, -0.05) is 60.1 Å². The number of anilines is 1. The van der Waals surface area contributed by atoms with Crippen LogP contribution in [0.4, 0.5) is 5.82 Å². The van der Waals surface area contributed by atoms with E-state index in [1.807, 2.05) is 54.7 Å². The summed E-state index contributed by atoms with van der Waals surface area (Å²) in [6.07, 6.45) is 2.04. The summed E-state index contributed by atoms with van der Waals surface area (Å²) >= 11 is 6.20. The number of pyridine rings is 1. The van der Waals surface area contributed by atoms with Gasteiger partial charge in [0.25, 0.3) is 0 Å². The molecule has 2 aromatic carbocycles. The minimum atomic E-state index is 0.709. The highest BCUT2D eigenvalue weighted by Gasteiger charge is 2.15. The molecule has 4 rings (SSSR count). The van der Waals surface area contributed by atoms with Gasteiger partial charge in [-0.15, -0.1) is 0 Å². The summed E-state index contributed by atoms with van der Waals surface area (Å²) in [7, 11) is 0. The molecule has 0 saturated carbocycles. The number of hydrogen-bond acceptors (Lipinski definition) is 2. The second kappa shape index (κ2) is 6.61. The average molecular weight is 348 g/mol. The molecule has 4 heteroatoms. The Labute approximate surface area is 151 Å². The van der Waals surface area contributed by atoms with E-state index < -0.39 is 0 Å². The molecular weight excluding hydrogens is 330 g/mol. The zero-order valence-electron chi connectivity index (χ0n) is 13.9. The van der Waals surface area contributed by atoms with E-state index >= 15 is 0 Å². The first-order chi connectivity index (χ1) is 12.2. The Morgan fingerprint density at radius 2 is 1.84 bits per heavy atom. The van der Waals surface area contributed by atoms with E-state index in [0.717, 1.165) is 34.8 Å². The van der Waals surface area contributed by atoms with E-state index in [2.05, 4.69) is 34.8 Å². The van der Waals surface area contributed by atoms with Crippen LogP contribution in [0.25, 0.3) is 16.9 Å². The Morgan fingerprint density at radius 1 is 1.00 bits per heavy atom. The van der Waals surface area contributed by atoms with Gasteiger partial charge < -0.3 is 5.32 Å². The first-order valence-corrected chi connectivity index (χ1v) is 8.61. The number of aryl methyl sites for hydroxylation is 1. The first kappa shape index (κ1) is 15.7. The molecule has 0 amide bonds. The topological polar surface area (TPSA) is 29.3 Å². The van der Waals surface area contributed by atoms with Crippen LogP contribution >= 0.6 is 11.6 Å². The predicted octanol–water partition coefficient (Wildman–Crippen LogP) is 5.58. The van der Waals surface area contributed by atoms with Crippen molar-refractivity contribution in [2.75, 3.05) is 5.32 Å². The van der Waals surface area contributed by atoms with Crippen LogP contribution in [0.5, 0.6) is 0 Å². The van der Waals surface area contributed by atoms with Crippen molar-refractivity contribution in [2.24, 2.45) is 0 Å². The van der Waals surface area contributed by atoms with Crippen LogP contribution in [0.3, 0.4) is 0 Å². The smallest absolute Gasteiger partial charge is 0.142 e. The monoisotopic (exact) mass is 347 g/mol. The molecule has 0 aliphatic rings. The lowest BCUT2D eigenvalue weighted by Gasteiger charge is -2.09. The van der Waals surface area contributed by atoms with E-state index in [4.69, 9.17) is 16.6 Å². The molecule has 25 heavy (non-hydrogen) atoms. The van der Waals surface area contributed by atoms with Crippen molar-refractivity contribution in [3.05, 3.63) is 89.1 Å². The summed E-state index contributed by atoms with van der Waals surface area (Å²) in [5.74, 6) is 0.977. The van der Waals surface area contributed by atoms with Gasteiger partial charge in [-0.2, -0.15) is 0 Å². The van der Waals surface area contributed by atoms with E-state index in [9.17, 15) is 0 Å². The second-order valence-corrected chi connectivity index (χ2v) is 6.48. The maximum Gasteiger partial charge on any atom is 0.142 e. The summed E-state index contributed by atoms with van der Waals surface area (Å²) in [6.45, 7) is 2.81. The molecule has 2 aromatic heterocycles. The van der Waals surface area contributed by atoms with Crippen molar-refractivity contribution < 1.29 is 0 Å². The molecule has 4 aromatic rings. The molecule has 2 heterocycles. The van der Waals surface area contributed by atoms with Crippen LogP contribution in [-0.4, -0.2) is 9.38 Å². The lowest BCUT2D eigenvalue weighted by molar-refractivity contribution is 1.08. The van der Waals surface area contributed by atoms with Crippen LogP contribution in [0, 0.1) is 6.92 Å². The third kappa shape index (κ3) is 3.11. The number of hydrogen-bond donors (Lipinski definition) is 1. The molecule has 0 fully saturated rings. The third-order valence-corrected chi connectivity index (χ3v) is 4.48. The number of nitrogens with zero attached hydrogens (tertiary/aromatic N) is 2. The van der Waals surface area contributed by atoms with Crippen LogP contribution in [0.2, 0.25) is 5.02 Å². The number of benzene rings is 2. The van der Waals surface area contributed by atoms with Crippen molar-refractivity contribution in [3.8, 4) is 11.3 Å². The Balaban J connectivity index is 1.82. The van der Waals surface area contributed by atoms with Gasteiger partial charge in [0.2, 0.25) is 0 Å². The normalized spacial score (nSPS) is 11.0. The largest absolute Gasteiger partial charge is 0.365 e. The van der Waals surface area contributed by atoms with Crippen molar-refractivity contribution in [3.63, 3.8) is 0 Å². The van der Waals surface area contributed by atoms with Crippen molar-refractivity contribution in [1.82, 2.24) is 9.38 Å². The molecule has 0 atom stereocenters. The molecule has 124 valence electrons. The summed E-state index contributed by atoms with van der Waals surface area (Å²) in [6, 6.07) is 22.3. The Hall–Kier alpha value is -2.78. The van der Waals surface area contributed by atoms with Crippen LogP contribution in [0.15, 0.2) is 72.9 Å². The fraction of sp³-hybridized carbons (Fsp3) is 0.0952. The third-order valence-electron chi connectivity index (χ3n) is 4.25. The molecule has 0 saturated heterocycles. The van der Waals surface area contributed by atoms with E-state index in [1.54, 1.807) is 0 Å². The highest BCUT2D eigenvalue weighted by molar-refractivity contribution is 6.30. The molecule has 0 aliphatic carbocycles. The SMILES string of the molecule is Cc1cccn2c(NCc3ccccc3)c(-c3cccc(Cl)c3)nc12. The summed E-state index contributed by atoms with van der Waals surface area (Å²) in [4.78, 5) is 4.88. The van der Waals surface area contributed by atoms with Gasteiger partial charge in [0.05, 0.1) is 0 Å². The highest BCUT2D eigenvalue weighted by atomic mass is 35.5. The Kier molecular flexibility index (Phi) is 4.16. The van der Waals surface area contributed by atoms with Crippen LogP contribution in [0.1, 0.15) is 11.1 Å². The highest BCUT2D eigenvalue weighted by Crippen LogP contribution is 2.31. The number of nitrogens with one attached hydrogen (secondary N) is 1. The first-order valence-electron chi connectivity index (χ1n) is 8.24. The fourth-order valence-corrected chi connectivity index (χ4v) is 3.18. The molecular formula is C21H18ClN3. The molecule has 0 radical (unpaired) electrons. The maximum absolute atomic E-state index is 6.20. The average Bonchev–Trinajstić information content (AvgIpc) is 3.01. The molecule has 0 bridgehead atoms. The standard InChI is InChI=1S/C21H18ClN3/c1-15-7-6-12-25-20(15)24-19(17-10-5-11-18(22)13-17)21(25)23-14-16-8-3-2-4-9-16/h2-13,23H,14H2,1H3. The zero-order chi connectivity index (χ0) is 17.2. The van der Waals surface area contributed by atoms with Crippen LogP contribution in [-0.2, 0) is 6.54 Å². The molecule has 0 aliphatic heterocycles. The van der Waals surface area contributed by atoms with Gasteiger partial charge in [0, 0.05) is 23.3 Å². The number of aromatic nitrogens is 2. The van der Waals surface area contributed by atoms with Gasteiger partial charge in [-0.05, 0) is 36.2 Å². The van der Waals surface area contributed by atoms with Gasteiger partial charge in [-0.25, -0.2) is 4.98 Å². The zero-order valence-corrected chi connectivity index (χ0v) is 14.7. The fourth-order valence-electron chi connectivity index (χ4n) is 2.99. The van der Waals surface area contributed by atoms with Gasteiger partial charge >= 0.3 is 0 Å². The predicted molar refractivity (Wildman–Crippen MR) is 104 cm³/mol. The second-order valence-electron chi connectivity index (χ2n) is 6.04. The van der Waals surface area contributed by atoms with E-state index in [1.165, 1.54) is 5.56 Å². The molecule has 0 spiro atoms. The summed E-state index contributed by atoms with van der Waals surface area (Å²) in [5.41, 5.74) is 5.23. The number of imidazole rings is 1. The number of halogens is 1. The van der Waals surface area contributed by atoms with Gasteiger partial charge in [0.1, 0.15) is 17.2 Å². The quantitative estimate of drug-likeness (QED) is 0.522. The van der Waals surface area contributed by atoms with Crippen molar-refractivity contribution in [1.29, 1.82) is 0 Å². The summed E-state index contributed by atoms with van der Waals surface area (Å²) in [5, 5.41) is 4.26. The summed E-state index contributed by atoms with van der Waals surface area (Å²) < 4.78 is 2.11. The van der Waals surface area contributed by atoms with Gasteiger partial charge in [0.15, 0.2) is 0 Å². The van der Waals surface area contributed by atoms with Crippen LogP contribution < -0.4 is 5.32 Å². The lowest BCUT2D eigenvalue weighted by atomic mass is 10.1. The number of fused-ring (bicyclic) bond motifs is 1.